The second-order valence-electron chi connectivity index (χ2n) is 6.00. The smallest absolute Gasteiger partial charge is 0.347 e. The summed E-state index contributed by atoms with van der Waals surface area (Å²) >= 11 is 0. The van der Waals surface area contributed by atoms with E-state index in [9.17, 15) is 18.0 Å². The van der Waals surface area contributed by atoms with Crippen molar-refractivity contribution >= 4 is 35.8 Å². The van der Waals surface area contributed by atoms with Crippen LogP contribution in [0.1, 0.15) is 25.7 Å². The second kappa shape index (κ2) is 8.93. The number of fused-ring (bicyclic) bond motifs is 1. The van der Waals surface area contributed by atoms with Crippen LogP contribution in [0.5, 0.6) is 0 Å². The molecule has 2 N–H and O–H groups in total. The molecule has 0 radical (unpaired) electrons. The number of amides is 1. The molecule has 9 heteroatoms. The van der Waals surface area contributed by atoms with Gasteiger partial charge < -0.3 is 15.5 Å². The van der Waals surface area contributed by atoms with Crippen molar-refractivity contribution in [3.8, 4) is 0 Å². The number of alkyl halides is 3. The molecule has 0 aromatic heterocycles. The van der Waals surface area contributed by atoms with E-state index in [1.54, 1.807) is 7.05 Å². The monoisotopic (exact) mass is 448 g/mol. The van der Waals surface area contributed by atoms with Gasteiger partial charge in [-0.25, -0.2) is 0 Å². The minimum Gasteiger partial charge on any atom is -0.347 e. The molecule has 1 aliphatic carbocycles. The lowest BCUT2D eigenvalue weighted by Crippen LogP contribution is -2.46. The van der Waals surface area contributed by atoms with Gasteiger partial charge in [0.25, 0.3) is 0 Å². The average molecular weight is 448 g/mol. The lowest BCUT2D eigenvalue weighted by atomic mass is 9.82. The van der Waals surface area contributed by atoms with Crippen molar-refractivity contribution in [1.82, 2.24) is 15.5 Å². The van der Waals surface area contributed by atoms with Gasteiger partial charge in [-0.15, -0.1) is 24.0 Å². The van der Waals surface area contributed by atoms with Crippen molar-refractivity contribution in [3.05, 3.63) is 0 Å². The number of guanidine groups is 1. The molecule has 5 nitrogen and oxygen atoms in total. The number of carbonyl (C=O) groups is 1. The zero-order chi connectivity index (χ0) is 16.2. The summed E-state index contributed by atoms with van der Waals surface area (Å²) in [5.74, 6) is 1.25. The van der Waals surface area contributed by atoms with Gasteiger partial charge in [0, 0.05) is 20.1 Å². The largest absolute Gasteiger partial charge is 0.405 e. The van der Waals surface area contributed by atoms with Gasteiger partial charge in [0.15, 0.2) is 5.96 Å². The molecule has 23 heavy (non-hydrogen) atoms. The first-order valence-electron chi connectivity index (χ1n) is 7.68. The van der Waals surface area contributed by atoms with E-state index in [0.29, 0.717) is 17.8 Å². The van der Waals surface area contributed by atoms with E-state index in [1.165, 1.54) is 25.7 Å². The van der Waals surface area contributed by atoms with Crippen LogP contribution in [0.2, 0.25) is 0 Å². The first-order chi connectivity index (χ1) is 10.4. The van der Waals surface area contributed by atoms with E-state index in [-0.39, 0.29) is 30.5 Å². The molecule has 1 saturated heterocycles. The Balaban J connectivity index is 0.00000264. The number of likely N-dealkylation sites (tertiary alicyclic amines) is 1. The highest BCUT2D eigenvalue weighted by molar-refractivity contribution is 14.0. The number of hydrogen-bond acceptors (Lipinski definition) is 2. The summed E-state index contributed by atoms with van der Waals surface area (Å²) in [6.07, 6.45) is 0.595. The molecule has 2 aliphatic rings. The van der Waals surface area contributed by atoms with Gasteiger partial charge in [-0.3, -0.25) is 9.79 Å². The predicted molar refractivity (Wildman–Crippen MR) is 92.9 cm³/mol. The van der Waals surface area contributed by atoms with Crippen LogP contribution in [0.4, 0.5) is 13.2 Å². The van der Waals surface area contributed by atoms with Crippen LogP contribution in [0.15, 0.2) is 4.99 Å². The average Bonchev–Trinajstić information content (AvgIpc) is 2.88. The summed E-state index contributed by atoms with van der Waals surface area (Å²) in [6, 6.07) is 0. The van der Waals surface area contributed by atoms with Crippen LogP contribution in [0.25, 0.3) is 0 Å². The third-order valence-electron chi connectivity index (χ3n) is 4.38. The SMILES string of the molecule is CN=C(NCC(=O)NCC(F)(F)F)N1CC2CCCCC2C1.I. The fourth-order valence-electron chi connectivity index (χ4n) is 3.33. The fraction of sp³-hybridized carbons (Fsp3) is 0.857. The maximum atomic E-state index is 12.0. The summed E-state index contributed by atoms with van der Waals surface area (Å²) in [6.45, 7) is 0.317. The summed E-state index contributed by atoms with van der Waals surface area (Å²) < 4.78 is 36.1. The maximum absolute atomic E-state index is 12.0. The summed E-state index contributed by atoms with van der Waals surface area (Å²) in [5.41, 5.74) is 0. The number of nitrogens with one attached hydrogen (secondary N) is 2. The molecule has 2 atom stereocenters. The van der Waals surface area contributed by atoms with E-state index < -0.39 is 18.6 Å². The van der Waals surface area contributed by atoms with Crippen molar-refractivity contribution in [2.24, 2.45) is 16.8 Å². The topological polar surface area (TPSA) is 56.7 Å². The van der Waals surface area contributed by atoms with Gasteiger partial charge >= 0.3 is 6.18 Å². The Morgan fingerprint density at radius 3 is 2.22 bits per heavy atom. The molecule has 134 valence electrons. The van der Waals surface area contributed by atoms with Crippen molar-refractivity contribution in [2.75, 3.05) is 33.2 Å². The first kappa shape index (κ1) is 20.3. The van der Waals surface area contributed by atoms with E-state index in [1.807, 2.05) is 5.32 Å². The normalized spacial score (nSPS) is 24.7. The number of aliphatic imine (C=N–C) groups is 1. The number of nitrogens with zero attached hydrogens (tertiary/aromatic N) is 2. The molecule has 0 spiro atoms. The number of carbonyl (C=O) groups excluding carboxylic acids is 1. The molecule has 2 unspecified atom stereocenters. The van der Waals surface area contributed by atoms with Crippen LogP contribution in [0.3, 0.4) is 0 Å². The van der Waals surface area contributed by atoms with E-state index >= 15 is 0 Å². The predicted octanol–water partition coefficient (Wildman–Crippen LogP) is 1.98. The summed E-state index contributed by atoms with van der Waals surface area (Å²) in [5, 5.41) is 4.70. The van der Waals surface area contributed by atoms with Crippen LogP contribution < -0.4 is 10.6 Å². The van der Waals surface area contributed by atoms with Crippen molar-refractivity contribution in [2.45, 2.75) is 31.9 Å². The van der Waals surface area contributed by atoms with Crippen LogP contribution in [-0.2, 0) is 4.79 Å². The molecular weight excluding hydrogens is 424 g/mol. The number of halogens is 4. The Kier molecular flexibility index (Phi) is 7.88. The number of hydrogen-bond donors (Lipinski definition) is 2. The van der Waals surface area contributed by atoms with Gasteiger partial charge in [0.1, 0.15) is 6.54 Å². The van der Waals surface area contributed by atoms with Crippen molar-refractivity contribution in [1.29, 1.82) is 0 Å². The molecule has 0 bridgehead atoms. The Bertz CT molecular complexity index is 417. The highest BCUT2D eigenvalue weighted by atomic mass is 127. The molecule has 2 rings (SSSR count). The third-order valence-corrected chi connectivity index (χ3v) is 4.38. The molecule has 1 heterocycles. The fourth-order valence-corrected chi connectivity index (χ4v) is 3.33. The Morgan fingerprint density at radius 2 is 1.74 bits per heavy atom. The standard InChI is InChI=1S/C14H23F3N4O.HI/c1-18-13(19-6-12(22)20-9-14(15,16)17)21-7-10-4-2-3-5-11(10)8-21;/h10-11H,2-9H2,1H3,(H,18,19)(H,20,22);1H. The van der Waals surface area contributed by atoms with Gasteiger partial charge in [-0.1, -0.05) is 12.8 Å². The highest BCUT2D eigenvalue weighted by Gasteiger charge is 2.35. The van der Waals surface area contributed by atoms with Crippen LogP contribution >= 0.6 is 24.0 Å². The quantitative estimate of drug-likeness (QED) is 0.395. The molecule has 0 aromatic rings. The van der Waals surface area contributed by atoms with E-state index in [4.69, 9.17) is 0 Å². The minimum atomic E-state index is -4.39. The van der Waals surface area contributed by atoms with Gasteiger partial charge in [0.05, 0.1) is 6.54 Å². The van der Waals surface area contributed by atoms with Crippen molar-refractivity contribution < 1.29 is 18.0 Å². The van der Waals surface area contributed by atoms with Crippen LogP contribution in [-0.4, -0.2) is 56.2 Å². The Labute approximate surface area is 151 Å². The molecular formula is C14H24F3IN4O. The zero-order valence-electron chi connectivity index (χ0n) is 13.2. The molecule has 0 aromatic carbocycles. The van der Waals surface area contributed by atoms with Crippen molar-refractivity contribution in [3.63, 3.8) is 0 Å². The third kappa shape index (κ3) is 6.34. The first-order valence-corrected chi connectivity index (χ1v) is 7.68. The molecule has 1 amide bonds. The Morgan fingerprint density at radius 1 is 1.17 bits per heavy atom. The summed E-state index contributed by atoms with van der Waals surface area (Å²) in [4.78, 5) is 17.7. The minimum absolute atomic E-state index is 0. The highest BCUT2D eigenvalue weighted by Crippen LogP contribution is 2.35. The molecule has 1 saturated carbocycles. The second-order valence-corrected chi connectivity index (χ2v) is 6.00. The zero-order valence-corrected chi connectivity index (χ0v) is 15.5. The van der Waals surface area contributed by atoms with Gasteiger partial charge in [-0.05, 0) is 24.7 Å². The summed E-state index contributed by atoms with van der Waals surface area (Å²) in [7, 11) is 1.62. The van der Waals surface area contributed by atoms with Gasteiger partial charge in [0.2, 0.25) is 5.91 Å². The van der Waals surface area contributed by atoms with E-state index in [0.717, 1.165) is 13.1 Å². The molecule has 2 fully saturated rings. The maximum Gasteiger partial charge on any atom is 0.405 e. The molecule has 1 aliphatic heterocycles. The van der Waals surface area contributed by atoms with Gasteiger partial charge in [-0.2, -0.15) is 13.2 Å². The Hall–Kier alpha value is -0.740. The lowest BCUT2D eigenvalue weighted by Gasteiger charge is -2.22. The van der Waals surface area contributed by atoms with E-state index in [2.05, 4.69) is 15.2 Å². The van der Waals surface area contributed by atoms with Crippen LogP contribution in [0, 0.1) is 11.8 Å². The lowest BCUT2D eigenvalue weighted by molar-refractivity contribution is -0.137. The number of rotatable bonds is 3.